The van der Waals surface area contributed by atoms with Crippen LogP contribution in [0.1, 0.15) is 39.0 Å². The fraction of sp³-hybridized carbons (Fsp3) is 0.500. The molecule has 1 amide bonds. The fourth-order valence-electron chi connectivity index (χ4n) is 2.54. The summed E-state index contributed by atoms with van der Waals surface area (Å²) in [5.74, 6) is 0.699. The smallest absolute Gasteiger partial charge is 0.220 e. The first-order chi connectivity index (χ1) is 10.6. The van der Waals surface area contributed by atoms with Crippen molar-refractivity contribution in [1.29, 1.82) is 5.41 Å². The van der Waals surface area contributed by atoms with Crippen molar-refractivity contribution in [2.24, 2.45) is 10.9 Å². The molecule has 2 rings (SSSR count). The van der Waals surface area contributed by atoms with Gasteiger partial charge in [0.1, 0.15) is 5.82 Å². The zero-order valence-corrected chi connectivity index (χ0v) is 12.8. The predicted molar refractivity (Wildman–Crippen MR) is 85.8 cm³/mol. The van der Waals surface area contributed by atoms with Gasteiger partial charge in [0.2, 0.25) is 5.91 Å². The van der Waals surface area contributed by atoms with Gasteiger partial charge in [0, 0.05) is 37.5 Å². The first-order valence-electron chi connectivity index (χ1n) is 7.69. The highest BCUT2D eigenvalue weighted by Gasteiger charge is 2.23. The van der Waals surface area contributed by atoms with E-state index in [0.717, 1.165) is 24.8 Å². The Bertz CT molecular complexity index is 560. The minimum atomic E-state index is -0.0598. The van der Waals surface area contributed by atoms with Crippen LogP contribution in [0.25, 0.3) is 0 Å². The maximum atomic E-state index is 12.1. The lowest BCUT2D eigenvalue weighted by molar-refractivity contribution is -0.119. The Labute approximate surface area is 130 Å². The molecule has 0 spiro atoms. The number of nitrogens with zero attached hydrogens (tertiary/aromatic N) is 1. The van der Waals surface area contributed by atoms with Crippen LogP contribution in [0.2, 0.25) is 0 Å². The number of allylic oxidation sites excluding steroid dienone is 2. The molecule has 1 saturated heterocycles. The van der Waals surface area contributed by atoms with E-state index in [4.69, 9.17) is 5.41 Å². The summed E-state index contributed by atoms with van der Waals surface area (Å²) >= 11 is 0. The van der Waals surface area contributed by atoms with Crippen LogP contribution < -0.4 is 10.6 Å². The second-order valence-corrected chi connectivity index (χ2v) is 5.59. The molecular formula is C16H22N4O2. The Kier molecular flexibility index (Phi) is 5.63. The van der Waals surface area contributed by atoms with Crippen molar-refractivity contribution in [2.75, 3.05) is 6.54 Å². The molecule has 118 valence electrons. The van der Waals surface area contributed by atoms with Crippen molar-refractivity contribution in [3.8, 4) is 0 Å². The fourth-order valence-corrected chi connectivity index (χ4v) is 2.54. The molecule has 0 radical (unpaired) electrons. The van der Waals surface area contributed by atoms with Gasteiger partial charge in [-0.3, -0.25) is 9.59 Å². The SMILES string of the molecule is CCCCC(=O)/C(C=N)=C1\N=C(CC2CNC(=O)C2)C=CN1. The zero-order valence-electron chi connectivity index (χ0n) is 12.8. The van der Waals surface area contributed by atoms with Gasteiger partial charge in [0.15, 0.2) is 5.78 Å². The molecule has 2 aliphatic rings. The van der Waals surface area contributed by atoms with Crippen LogP contribution in [0, 0.1) is 11.3 Å². The predicted octanol–water partition coefficient (Wildman–Crippen LogP) is 1.69. The van der Waals surface area contributed by atoms with Gasteiger partial charge < -0.3 is 16.0 Å². The maximum absolute atomic E-state index is 12.1. The number of carbonyl (C=O) groups is 2. The summed E-state index contributed by atoms with van der Waals surface area (Å²) in [6.45, 7) is 2.70. The van der Waals surface area contributed by atoms with Crippen LogP contribution in [0.4, 0.5) is 0 Å². The van der Waals surface area contributed by atoms with Crippen LogP contribution in [-0.2, 0) is 9.59 Å². The van der Waals surface area contributed by atoms with Crippen molar-refractivity contribution < 1.29 is 9.59 Å². The number of hydrogen-bond donors (Lipinski definition) is 3. The van der Waals surface area contributed by atoms with Crippen molar-refractivity contribution in [3.05, 3.63) is 23.7 Å². The Balaban J connectivity index is 2.11. The molecule has 2 aliphatic heterocycles. The quantitative estimate of drug-likeness (QED) is 0.493. The van der Waals surface area contributed by atoms with E-state index >= 15 is 0 Å². The second kappa shape index (κ2) is 7.68. The van der Waals surface area contributed by atoms with E-state index in [9.17, 15) is 9.59 Å². The van der Waals surface area contributed by atoms with Crippen molar-refractivity contribution in [1.82, 2.24) is 10.6 Å². The molecule has 22 heavy (non-hydrogen) atoms. The Hall–Kier alpha value is -2.24. The summed E-state index contributed by atoms with van der Waals surface area (Å²) in [4.78, 5) is 27.8. The third kappa shape index (κ3) is 4.13. The van der Waals surface area contributed by atoms with Crippen molar-refractivity contribution in [3.63, 3.8) is 0 Å². The standard InChI is InChI=1S/C16H22N4O2/c1-2-3-4-14(21)13(9-17)16-18-6-5-12(20-16)7-11-8-15(22)19-10-11/h5-6,9,11,17-18H,2-4,7-8,10H2,1H3,(H,19,22)/b16-13-,17-9?. The van der Waals surface area contributed by atoms with E-state index in [-0.39, 0.29) is 17.6 Å². The zero-order chi connectivity index (χ0) is 15.9. The summed E-state index contributed by atoms with van der Waals surface area (Å²) in [6.07, 6.45) is 8.05. The number of carbonyl (C=O) groups excluding carboxylic acids is 2. The van der Waals surface area contributed by atoms with Gasteiger partial charge in [-0.1, -0.05) is 13.3 Å². The lowest BCUT2D eigenvalue weighted by Gasteiger charge is -2.15. The first kappa shape index (κ1) is 16.1. The topological polar surface area (TPSA) is 94.4 Å². The van der Waals surface area contributed by atoms with Crippen LogP contribution >= 0.6 is 0 Å². The second-order valence-electron chi connectivity index (χ2n) is 5.59. The van der Waals surface area contributed by atoms with Gasteiger partial charge in [0.25, 0.3) is 0 Å². The number of ketones is 1. The van der Waals surface area contributed by atoms with Gasteiger partial charge in [-0.2, -0.15) is 0 Å². The minimum absolute atomic E-state index is 0.0598. The summed E-state index contributed by atoms with van der Waals surface area (Å²) in [5.41, 5.74) is 1.15. The molecule has 1 fully saturated rings. The average molecular weight is 302 g/mol. The first-order valence-corrected chi connectivity index (χ1v) is 7.69. The van der Waals surface area contributed by atoms with E-state index < -0.39 is 0 Å². The molecule has 0 bridgehead atoms. The van der Waals surface area contributed by atoms with Crippen LogP contribution in [0.3, 0.4) is 0 Å². The maximum Gasteiger partial charge on any atom is 0.220 e. The van der Waals surface area contributed by atoms with E-state index in [0.29, 0.717) is 37.2 Å². The number of hydrogen-bond acceptors (Lipinski definition) is 5. The molecule has 6 heteroatoms. The van der Waals surface area contributed by atoms with Gasteiger partial charge in [0.05, 0.1) is 5.57 Å². The third-order valence-electron chi connectivity index (χ3n) is 3.77. The molecule has 6 nitrogen and oxygen atoms in total. The number of unbranched alkanes of at least 4 members (excludes halogenated alkanes) is 1. The molecule has 0 aromatic heterocycles. The molecule has 0 aromatic carbocycles. The normalized spacial score (nSPS) is 22.7. The summed E-state index contributed by atoms with van der Waals surface area (Å²) in [5, 5.41) is 13.2. The molecule has 1 unspecified atom stereocenters. The summed E-state index contributed by atoms with van der Waals surface area (Å²) < 4.78 is 0. The van der Waals surface area contributed by atoms with Crippen molar-refractivity contribution in [2.45, 2.75) is 39.0 Å². The average Bonchev–Trinajstić information content (AvgIpc) is 2.91. The van der Waals surface area contributed by atoms with Crippen LogP contribution in [0.15, 0.2) is 28.7 Å². The highest BCUT2D eigenvalue weighted by Crippen LogP contribution is 2.18. The summed E-state index contributed by atoms with van der Waals surface area (Å²) in [7, 11) is 0. The molecule has 0 aromatic rings. The number of nitrogens with one attached hydrogen (secondary N) is 3. The molecular weight excluding hydrogens is 280 g/mol. The molecule has 1 atom stereocenters. The van der Waals surface area contributed by atoms with E-state index in [1.165, 1.54) is 0 Å². The molecule has 0 aliphatic carbocycles. The van der Waals surface area contributed by atoms with Gasteiger partial charge >= 0.3 is 0 Å². The van der Waals surface area contributed by atoms with Gasteiger partial charge in [-0.15, -0.1) is 0 Å². The number of aliphatic imine (C=N–C) groups is 1. The summed E-state index contributed by atoms with van der Waals surface area (Å²) in [6, 6.07) is 0. The minimum Gasteiger partial charge on any atom is -0.356 e. The van der Waals surface area contributed by atoms with Crippen LogP contribution in [0.5, 0.6) is 0 Å². The van der Waals surface area contributed by atoms with E-state index in [1.54, 1.807) is 6.20 Å². The Morgan fingerprint density at radius 1 is 1.55 bits per heavy atom. The monoisotopic (exact) mass is 302 g/mol. The molecule has 2 heterocycles. The Morgan fingerprint density at radius 3 is 3.00 bits per heavy atom. The largest absolute Gasteiger partial charge is 0.356 e. The van der Waals surface area contributed by atoms with Crippen molar-refractivity contribution >= 4 is 23.6 Å². The van der Waals surface area contributed by atoms with Gasteiger partial charge in [-0.05, 0) is 24.8 Å². The van der Waals surface area contributed by atoms with Crippen LogP contribution in [-0.4, -0.2) is 30.2 Å². The number of rotatable bonds is 7. The lowest BCUT2D eigenvalue weighted by atomic mass is 10.0. The number of amides is 1. The van der Waals surface area contributed by atoms with E-state index in [1.807, 2.05) is 13.0 Å². The number of Topliss-reactive ketones (excluding diaryl/α,β-unsaturated/α-hetero) is 1. The van der Waals surface area contributed by atoms with E-state index in [2.05, 4.69) is 15.6 Å². The Morgan fingerprint density at radius 2 is 2.36 bits per heavy atom. The highest BCUT2D eigenvalue weighted by molar-refractivity contribution is 6.13. The third-order valence-corrected chi connectivity index (χ3v) is 3.77. The molecule has 0 saturated carbocycles. The lowest BCUT2D eigenvalue weighted by Crippen LogP contribution is -2.20. The molecule has 3 N–H and O–H groups in total. The highest BCUT2D eigenvalue weighted by atomic mass is 16.1. The van der Waals surface area contributed by atoms with Gasteiger partial charge in [-0.25, -0.2) is 4.99 Å².